The fraction of sp³-hybridized carbons (Fsp3) is 0.242. The van der Waals surface area contributed by atoms with E-state index >= 15 is 0 Å². The van der Waals surface area contributed by atoms with Crippen LogP contribution in [0.1, 0.15) is 22.7 Å². The molecule has 1 heterocycles. The zero-order valence-corrected chi connectivity index (χ0v) is 22.8. The van der Waals surface area contributed by atoms with Gasteiger partial charge < -0.3 is 4.74 Å². The molecule has 0 aliphatic carbocycles. The lowest BCUT2D eigenvalue weighted by Crippen LogP contribution is -2.50. The van der Waals surface area contributed by atoms with Crippen molar-refractivity contribution in [3.63, 3.8) is 0 Å². The third-order valence-electron chi connectivity index (χ3n) is 7.39. The van der Waals surface area contributed by atoms with Crippen molar-refractivity contribution in [3.05, 3.63) is 126 Å². The molecule has 0 spiro atoms. The second-order valence-electron chi connectivity index (χ2n) is 10.0. The van der Waals surface area contributed by atoms with Crippen LogP contribution in [-0.4, -0.2) is 55.5 Å². The first-order valence-electron chi connectivity index (χ1n) is 13.5. The fourth-order valence-electron chi connectivity index (χ4n) is 5.29. The molecule has 1 amide bonds. The van der Waals surface area contributed by atoms with Crippen LogP contribution in [0, 0.1) is 0 Å². The maximum atomic E-state index is 13.6. The molecule has 0 aromatic heterocycles. The van der Waals surface area contributed by atoms with E-state index in [4.69, 9.17) is 4.74 Å². The Morgan fingerprint density at radius 3 is 1.71 bits per heavy atom. The summed E-state index contributed by atoms with van der Waals surface area (Å²) in [5.74, 6) is 0.690. The van der Waals surface area contributed by atoms with Crippen LogP contribution in [-0.2, 0) is 11.0 Å². The number of halogens is 3. The molecule has 0 saturated carbocycles. The van der Waals surface area contributed by atoms with E-state index in [1.165, 1.54) is 0 Å². The largest absolute Gasteiger partial charge is 0.497 e. The van der Waals surface area contributed by atoms with Crippen molar-refractivity contribution in [2.24, 2.45) is 0 Å². The van der Waals surface area contributed by atoms with Gasteiger partial charge in [-0.3, -0.25) is 19.5 Å². The summed E-state index contributed by atoms with van der Waals surface area (Å²) in [4.78, 5) is 19.8. The van der Waals surface area contributed by atoms with Gasteiger partial charge in [0.05, 0.1) is 25.3 Å². The molecule has 1 aliphatic heterocycles. The monoisotopic (exact) mass is 559 g/mol. The molecule has 1 aliphatic rings. The minimum absolute atomic E-state index is 0.0229. The second kappa shape index (κ2) is 12.6. The van der Waals surface area contributed by atoms with Gasteiger partial charge in [-0.15, -0.1) is 0 Å². The summed E-state index contributed by atoms with van der Waals surface area (Å²) in [6.07, 6.45) is -4.39. The highest BCUT2D eigenvalue weighted by Gasteiger charge is 2.32. The zero-order chi connectivity index (χ0) is 28.8. The number of ether oxygens (including phenoxy) is 1. The zero-order valence-electron chi connectivity index (χ0n) is 22.8. The average molecular weight is 560 g/mol. The van der Waals surface area contributed by atoms with Crippen LogP contribution in [0.15, 0.2) is 109 Å². The third kappa shape index (κ3) is 6.78. The van der Waals surface area contributed by atoms with Gasteiger partial charge >= 0.3 is 6.18 Å². The number of methoxy groups -OCH3 is 1. The molecule has 41 heavy (non-hydrogen) atoms. The van der Waals surface area contributed by atoms with Gasteiger partial charge in [0, 0.05) is 37.6 Å². The summed E-state index contributed by atoms with van der Waals surface area (Å²) < 4.78 is 45.0. The van der Waals surface area contributed by atoms with Gasteiger partial charge in [-0.25, -0.2) is 0 Å². The third-order valence-corrected chi connectivity index (χ3v) is 7.39. The molecule has 4 aromatic carbocycles. The molecule has 0 radical (unpaired) electrons. The standard InChI is InChI=1S/C33H32F3N3O2/c1-41-30-18-14-26(15-19-30)32(25-12-16-27(17-13-25)33(34,35)36)38-22-20-37(21-23-38)24-31(40)39(28-8-4-2-5-9-28)29-10-6-3-7-11-29/h2-19,32H,20-24H2,1H3. The number of para-hydroxylation sites is 2. The SMILES string of the molecule is COc1ccc(C(c2ccc(C(F)(F)F)cc2)N2CCN(CC(=O)N(c3ccccc3)c3ccccc3)CC2)cc1. The molecule has 8 heteroatoms. The Balaban J connectivity index is 1.32. The highest BCUT2D eigenvalue weighted by Crippen LogP contribution is 2.34. The summed E-state index contributed by atoms with van der Waals surface area (Å²) in [6.45, 7) is 2.86. The predicted octanol–water partition coefficient (Wildman–Crippen LogP) is 6.79. The fourth-order valence-corrected chi connectivity index (χ4v) is 5.29. The minimum Gasteiger partial charge on any atom is -0.497 e. The normalized spacial score (nSPS) is 15.3. The van der Waals surface area contributed by atoms with Crippen LogP contribution in [0.3, 0.4) is 0 Å². The number of carbonyl (C=O) groups excluding carboxylic acids is 1. The van der Waals surface area contributed by atoms with Gasteiger partial charge in [0.2, 0.25) is 5.91 Å². The number of amides is 1. The van der Waals surface area contributed by atoms with E-state index in [0.29, 0.717) is 31.9 Å². The molecule has 0 N–H and O–H groups in total. The molecule has 212 valence electrons. The van der Waals surface area contributed by atoms with Crippen molar-refractivity contribution in [2.75, 3.05) is 44.7 Å². The van der Waals surface area contributed by atoms with Crippen LogP contribution >= 0.6 is 0 Å². The van der Waals surface area contributed by atoms with E-state index in [2.05, 4.69) is 9.80 Å². The summed E-state index contributed by atoms with van der Waals surface area (Å²) >= 11 is 0. The quantitative estimate of drug-likeness (QED) is 0.238. The predicted molar refractivity (Wildman–Crippen MR) is 154 cm³/mol. The van der Waals surface area contributed by atoms with Crippen LogP contribution in [0.5, 0.6) is 5.75 Å². The Bertz CT molecular complexity index is 1370. The Labute approximate surface area is 238 Å². The van der Waals surface area contributed by atoms with Gasteiger partial charge in [0.25, 0.3) is 0 Å². The number of rotatable bonds is 8. The van der Waals surface area contributed by atoms with E-state index in [-0.39, 0.29) is 18.5 Å². The number of nitrogens with zero attached hydrogens (tertiary/aromatic N) is 3. The number of hydrogen-bond donors (Lipinski definition) is 0. The topological polar surface area (TPSA) is 36.0 Å². The first-order valence-corrected chi connectivity index (χ1v) is 13.5. The maximum absolute atomic E-state index is 13.6. The number of anilines is 2. The van der Waals surface area contributed by atoms with Crippen LogP contribution in [0.4, 0.5) is 24.5 Å². The minimum atomic E-state index is -4.39. The number of benzene rings is 4. The molecule has 1 atom stereocenters. The Hall–Kier alpha value is -4.14. The lowest BCUT2D eigenvalue weighted by Gasteiger charge is -2.40. The summed E-state index contributed by atoms with van der Waals surface area (Å²) in [6, 6.07) is 32.0. The van der Waals surface area contributed by atoms with Gasteiger partial charge in [-0.05, 0) is 59.7 Å². The summed E-state index contributed by atoms with van der Waals surface area (Å²) in [7, 11) is 1.60. The van der Waals surface area contributed by atoms with Gasteiger partial charge in [0.1, 0.15) is 5.75 Å². The van der Waals surface area contributed by atoms with Crippen molar-refractivity contribution < 1.29 is 22.7 Å². The van der Waals surface area contributed by atoms with Crippen molar-refractivity contribution in [1.29, 1.82) is 0 Å². The molecule has 1 unspecified atom stereocenters. The molecule has 1 fully saturated rings. The molecule has 0 bridgehead atoms. The van der Waals surface area contributed by atoms with Crippen LogP contribution < -0.4 is 9.64 Å². The Morgan fingerprint density at radius 1 is 0.756 bits per heavy atom. The van der Waals surface area contributed by atoms with Crippen LogP contribution in [0.2, 0.25) is 0 Å². The Morgan fingerprint density at radius 2 is 1.24 bits per heavy atom. The van der Waals surface area contributed by atoms with E-state index in [1.54, 1.807) is 24.1 Å². The van der Waals surface area contributed by atoms with Crippen molar-refractivity contribution in [1.82, 2.24) is 9.80 Å². The first kappa shape index (κ1) is 28.4. The molecule has 1 saturated heterocycles. The molecule has 5 rings (SSSR count). The molecule has 5 nitrogen and oxygen atoms in total. The molecular weight excluding hydrogens is 527 g/mol. The van der Waals surface area contributed by atoms with Crippen molar-refractivity contribution in [3.8, 4) is 5.75 Å². The second-order valence-corrected chi connectivity index (χ2v) is 10.0. The number of alkyl halides is 3. The highest BCUT2D eigenvalue weighted by molar-refractivity contribution is 6.01. The van der Waals surface area contributed by atoms with E-state index in [9.17, 15) is 18.0 Å². The van der Waals surface area contributed by atoms with Gasteiger partial charge in [0.15, 0.2) is 0 Å². The molecule has 4 aromatic rings. The average Bonchev–Trinajstić information content (AvgIpc) is 2.99. The summed E-state index contributed by atoms with van der Waals surface area (Å²) in [5.41, 5.74) is 2.70. The Kier molecular flexibility index (Phi) is 8.71. The van der Waals surface area contributed by atoms with Crippen molar-refractivity contribution >= 4 is 17.3 Å². The lowest BCUT2D eigenvalue weighted by molar-refractivity contribution is -0.137. The van der Waals surface area contributed by atoms with E-state index in [1.807, 2.05) is 84.9 Å². The smallest absolute Gasteiger partial charge is 0.416 e. The summed E-state index contributed by atoms with van der Waals surface area (Å²) in [5, 5.41) is 0. The highest BCUT2D eigenvalue weighted by atomic mass is 19.4. The van der Waals surface area contributed by atoms with Crippen LogP contribution in [0.25, 0.3) is 0 Å². The number of piperazine rings is 1. The van der Waals surface area contributed by atoms with Crippen molar-refractivity contribution in [2.45, 2.75) is 12.2 Å². The lowest BCUT2D eigenvalue weighted by atomic mass is 9.95. The first-order chi connectivity index (χ1) is 19.8. The van der Waals surface area contributed by atoms with E-state index in [0.717, 1.165) is 34.6 Å². The number of carbonyl (C=O) groups is 1. The molecular formula is C33H32F3N3O2. The van der Waals surface area contributed by atoms with Gasteiger partial charge in [-0.2, -0.15) is 13.2 Å². The number of hydrogen-bond acceptors (Lipinski definition) is 4. The maximum Gasteiger partial charge on any atom is 0.416 e. The van der Waals surface area contributed by atoms with Gasteiger partial charge in [-0.1, -0.05) is 60.7 Å². The van der Waals surface area contributed by atoms with E-state index < -0.39 is 11.7 Å².